The largest absolute Gasteiger partial charge is 0.384 e. The summed E-state index contributed by atoms with van der Waals surface area (Å²) in [6.45, 7) is 4.53. The molecule has 1 aliphatic rings. The number of hydrogen-bond acceptors (Lipinski definition) is 3. The van der Waals surface area contributed by atoms with Gasteiger partial charge in [-0.2, -0.15) is 0 Å². The summed E-state index contributed by atoms with van der Waals surface area (Å²) in [6, 6.07) is 4.93. The fraction of sp³-hybridized carbons (Fsp3) is 0.600. The third-order valence-electron chi connectivity index (χ3n) is 3.84. The summed E-state index contributed by atoms with van der Waals surface area (Å²) in [5, 5.41) is 0. The summed E-state index contributed by atoms with van der Waals surface area (Å²) < 4.78 is 19.1. The molecule has 0 unspecified atom stereocenters. The average molecular weight is 266 g/mol. The molecule has 1 aliphatic heterocycles. The van der Waals surface area contributed by atoms with E-state index >= 15 is 0 Å². The lowest BCUT2D eigenvalue weighted by Crippen LogP contribution is -2.36. The zero-order valence-corrected chi connectivity index (χ0v) is 11.7. The molecular formula is C15H23FN2O. The molecule has 1 fully saturated rings. The second-order valence-electron chi connectivity index (χ2n) is 5.35. The van der Waals surface area contributed by atoms with Crippen LogP contribution in [0.15, 0.2) is 18.2 Å². The number of benzene rings is 1. The van der Waals surface area contributed by atoms with E-state index in [9.17, 15) is 4.39 Å². The van der Waals surface area contributed by atoms with Crippen LogP contribution in [0.25, 0.3) is 0 Å². The molecule has 0 amide bonds. The molecule has 2 N–H and O–H groups in total. The normalized spacial score (nSPS) is 18.6. The molecular weight excluding hydrogens is 243 g/mol. The van der Waals surface area contributed by atoms with Gasteiger partial charge in [0.1, 0.15) is 5.82 Å². The maximum atomic E-state index is 13.9. The van der Waals surface area contributed by atoms with Gasteiger partial charge in [-0.3, -0.25) is 0 Å². The Labute approximate surface area is 114 Å². The van der Waals surface area contributed by atoms with Gasteiger partial charge in [0.05, 0.1) is 0 Å². The van der Waals surface area contributed by atoms with Gasteiger partial charge in [-0.15, -0.1) is 0 Å². The zero-order valence-electron chi connectivity index (χ0n) is 11.7. The molecule has 0 aromatic heterocycles. The molecule has 1 atom stereocenters. The van der Waals surface area contributed by atoms with E-state index in [1.165, 1.54) is 6.07 Å². The SMILES string of the molecule is COCC1CCN(c2cccc(F)c2[C@@H](C)N)CC1. The topological polar surface area (TPSA) is 38.5 Å². The van der Waals surface area contributed by atoms with Crippen LogP contribution >= 0.6 is 0 Å². The van der Waals surface area contributed by atoms with E-state index in [-0.39, 0.29) is 11.9 Å². The molecule has 0 radical (unpaired) electrons. The molecule has 1 aromatic rings. The fourth-order valence-electron chi connectivity index (χ4n) is 2.83. The van der Waals surface area contributed by atoms with E-state index in [2.05, 4.69) is 4.90 Å². The molecule has 1 aromatic carbocycles. The standard InChI is InChI=1S/C15H23FN2O/c1-11(17)15-13(16)4-3-5-14(15)18-8-6-12(7-9-18)10-19-2/h3-5,11-12H,6-10,17H2,1-2H3/t11-/m1/s1. The zero-order chi connectivity index (χ0) is 13.8. The van der Waals surface area contributed by atoms with Gasteiger partial charge in [0.15, 0.2) is 0 Å². The predicted molar refractivity (Wildman–Crippen MR) is 75.8 cm³/mol. The fourth-order valence-corrected chi connectivity index (χ4v) is 2.83. The van der Waals surface area contributed by atoms with Gasteiger partial charge in [-0.1, -0.05) is 6.07 Å². The number of nitrogens with zero attached hydrogens (tertiary/aromatic N) is 1. The van der Waals surface area contributed by atoms with Crippen molar-refractivity contribution in [2.75, 3.05) is 31.7 Å². The molecule has 1 heterocycles. The molecule has 4 heteroatoms. The first-order valence-electron chi connectivity index (χ1n) is 6.91. The van der Waals surface area contributed by atoms with Gasteiger partial charge < -0.3 is 15.4 Å². The van der Waals surface area contributed by atoms with Crippen LogP contribution in [0.2, 0.25) is 0 Å². The maximum Gasteiger partial charge on any atom is 0.130 e. The van der Waals surface area contributed by atoms with Crippen LogP contribution in [0.4, 0.5) is 10.1 Å². The lowest BCUT2D eigenvalue weighted by atomic mass is 9.96. The van der Waals surface area contributed by atoms with Crippen LogP contribution in [0, 0.1) is 11.7 Å². The van der Waals surface area contributed by atoms with Crippen LogP contribution < -0.4 is 10.6 Å². The van der Waals surface area contributed by atoms with Crippen LogP contribution in [-0.2, 0) is 4.74 Å². The number of ether oxygens (including phenoxy) is 1. The summed E-state index contributed by atoms with van der Waals surface area (Å²) in [5.41, 5.74) is 7.49. The Morgan fingerprint density at radius 2 is 2.11 bits per heavy atom. The van der Waals surface area contributed by atoms with E-state index in [0.717, 1.165) is 38.2 Å². The number of anilines is 1. The highest BCUT2D eigenvalue weighted by Crippen LogP contribution is 2.31. The van der Waals surface area contributed by atoms with E-state index in [1.54, 1.807) is 13.2 Å². The second-order valence-corrected chi connectivity index (χ2v) is 5.35. The Morgan fingerprint density at radius 1 is 1.42 bits per heavy atom. The molecule has 19 heavy (non-hydrogen) atoms. The number of piperidine rings is 1. The summed E-state index contributed by atoms with van der Waals surface area (Å²) in [5.74, 6) is 0.417. The number of methoxy groups -OCH3 is 1. The van der Waals surface area contributed by atoms with E-state index in [0.29, 0.717) is 11.5 Å². The summed E-state index contributed by atoms with van der Waals surface area (Å²) in [6.07, 6.45) is 2.17. The molecule has 0 spiro atoms. The number of hydrogen-bond donors (Lipinski definition) is 1. The van der Waals surface area contributed by atoms with Crippen molar-refractivity contribution < 1.29 is 9.13 Å². The van der Waals surface area contributed by atoms with Gasteiger partial charge in [-0.25, -0.2) is 4.39 Å². The predicted octanol–water partition coefficient (Wildman–Crippen LogP) is 2.71. The Hall–Kier alpha value is -1.13. The summed E-state index contributed by atoms with van der Waals surface area (Å²) in [7, 11) is 1.74. The first kappa shape index (κ1) is 14.3. The molecule has 0 aliphatic carbocycles. The van der Waals surface area contributed by atoms with Gasteiger partial charge >= 0.3 is 0 Å². The van der Waals surface area contributed by atoms with E-state index in [1.807, 2.05) is 13.0 Å². The minimum absolute atomic E-state index is 0.202. The van der Waals surface area contributed by atoms with Crippen molar-refractivity contribution in [1.82, 2.24) is 0 Å². The van der Waals surface area contributed by atoms with Crippen molar-refractivity contribution in [2.24, 2.45) is 11.7 Å². The van der Waals surface area contributed by atoms with Crippen molar-refractivity contribution in [1.29, 1.82) is 0 Å². The van der Waals surface area contributed by atoms with Crippen molar-refractivity contribution in [3.8, 4) is 0 Å². The highest BCUT2D eigenvalue weighted by Gasteiger charge is 2.23. The lowest BCUT2D eigenvalue weighted by Gasteiger charge is -2.35. The van der Waals surface area contributed by atoms with E-state index in [4.69, 9.17) is 10.5 Å². The minimum atomic E-state index is -0.284. The van der Waals surface area contributed by atoms with Gasteiger partial charge in [0.25, 0.3) is 0 Å². The monoisotopic (exact) mass is 266 g/mol. The minimum Gasteiger partial charge on any atom is -0.384 e. The van der Waals surface area contributed by atoms with Crippen LogP contribution in [0.5, 0.6) is 0 Å². The Bertz CT molecular complexity index is 415. The third kappa shape index (κ3) is 3.25. The van der Waals surface area contributed by atoms with Crippen molar-refractivity contribution in [2.45, 2.75) is 25.8 Å². The number of rotatable bonds is 4. The molecule has 1 saturated heterocycles. The van der Waals surface area contributed by atoms with Crippen LogP contribution in [0.1, 0.15) is 31.4 Å². The van der Waals surface area contributed by atoms with Crippen molar-refractivity contribution in [3.05, 3.63) is 29.6 Å². The Balaban J connectivity index is 2.13. The van der Waals surface area contributed by atoms with Gasteiger partial charge in [0, 0.05) is 44.1 Å². The van der Waals surface area contributed by atoms with Crippen LogP contribution in [-0.4, -0.2) is 26.8 Å². The first-order valence-corrected chi connectivity index (χ1v) is 6.91. The molecule has 3 nitrogen and oxygen atoms in total. The molecule has 2 rings (SSSR count). The Morgan fingerprint density at radius 3 is 2.68 bits per heavy atom. The smallest absolute Gasteiger partial charge is 0.130 e. The average Bonchev–Trinajstić information content (AvgIpc) is 2.39. The van der Waals surface area contributed by atoms with Crippen LogP contribution in [0.3, 0.4) is 0 Å². The molecule has 106 valence electrons. The van der Waals surface area contributed by atoms with Gasteiger partial charge in [-0.05, 0) is 37.8 Å². The highest BCUT2D eigenvalue weighted by molar-refractivity contribution is 5.55. The quantitative estimate of drug-likeness (QED) is 0.910. The Kier molecular flexibility index (Phi) is 4.77. The summed E-state index contributed by atoms with van der Waals surface area (Å²) >= 11 is 0. The maximum absolute atomic E-state index is 13.9. The van der Waals surface area contributed by atoms with Crippen molar-refractivity contribution >= 4 is 5.69 Å². The molecule has 0 saturated carbocycles. The molecule has 0 bridgehead atoms. The number of nitrogens with two attached hydrogens (primary N) is 1. The second kappa shape index (κ2) is 6.35. The van der Waals surface area contributed by atoms with E-state index < -0.39 is 0 Å². The van der Waals surface area contributed by atoms with Gasteiger partial charge in [0.2, 0.25) is 0 Å². The highest BCUT2D eigenvalue weighted by atomic mass is 19.1. The first-order chi connectivity index (χ1) is 9.13. The lowest BCUT2D eigenvalue weighted by molar-refractivity contribution is 0.139. The number of halogens is 1. The summed E-state index contributed by atoms with van der Waals surface area (Å²) in [4.78, 5) is 2.24. The third-order valence-corrected chi connectivity index (χ3v) is 3.84. The van der Waals surface area contributed by atoms with Crippen molar-refractivity contribution in [3.63, 3.8) is 0 Å².